The lowest BCUT2D eigenvalue weighted by molar-refractivity contribution is -0.119. The Bertz CT molecular complexity index is 1570. The third kappa shape index (κ3) is 5.11. The van der Waals surface area contributed by atoms with Crippen molar-refractivity contribution >= 4 is 34.0 Å². The number of H-pyrrole nitrogens is 1. The van der Waals surface area contributed by atoms with E-state index in [0.717, 1.165) is 33.2 Å². The first-order chi connectivity index (χ1) is 17.8. The maximum atomic E-state index is 13.7. The van der Waals surface area contributed by atoms with Crippen LogP contribution in [0.1, 0.15) is 40.3 Å². The molecule has 0 fully saturated rings. The van der Waals surface area contributed by atoms with Gasteiger partial charge in [-0.2, -0.15) is 0 Å². The van der Waals surface area contributed by atoms with E-state index in [1.165, 1.54) is 0 Å². The minimum absolute atomic E-state index is 0.0510. The molecule has 2 aliphatic heterocycles. The van der Waals surface area contributed by atoms with Crippen LogP contribution in [0, 0.1) is 13.8 Å². The third-order valence-electron chi connectivity index (χ3n) is 7.10. The summed E-state index contributed by atoms with van der Waals surface area (Å²) in [6.07, 6.45) is 2.50. The molecule has 0 spiro atoms. The molecule has 7 nitrogen and oxygen atoms in total. The minimum atomic E-state index is -0.584. The van der Waals surface area contributed by atoms with Gasteiger partial charge >= 0.3 is 6.03 Å². The molecule has 0 saturated carbocycles. The van der Waals surface area contributed by atoms with Gasteiger partial charge in [-0.15, -0.1) is 0 Å². The van der Waals surface area contributed by atoms with Crippen molar-refractivity contribution in [2.45, 2.75) is 39.3 Å². The second-order valence-electron chi connectivity index (χ2n) is 9.77. The third-order valence-corrected chi connectivity index (χ3v) is 7.10. The highest BCUT2D eigenvalue weighted by Gasteiger charge is 2.23. The summed E-state index contributed by atoms with van der Waals surface area (Å²) in [5.74, 6) is 0.0510. The van der Waals surface area contributed by atoms with Gasteiger partial charge < -0.3 is 20.5 Å². The van der Waals surface area contributed by atoms with Crippen molar-refractivity contribution in [3.05, 3.63) is 105 Å². The van der Waals surface area contributed by atoms with Crippen molar-refractivity contribution in [1.82, 2.24) is 9.88 Å². The highest BCUT2D eigenvalue weighted by molar-refractivity contribution is 5.91. The largest absolute Gasteiger partial charge is 0.372 e. The van der Waals surface area contributed by atoms with Crippen molar-refractivity contribution in [1.29, 1.82) is 0 Å². The van der Waals surface area contributed by atoms with Crippen LogP contribution in [0.3, 0.4) is 0 Å². The maximum Gasteiger partial charge on any atom is 0.321 e. The first-order valence-corrected chi connectivity index (χ1v) is 12.4. The molecule has 3 aromatic carbocycles. The normalized spacial score (nSPS) is 16.3. The Morgan fingerprint density at radius 2 is 1.70 bits per heavy atom. The summed E-state index contributed by atoms with van der Waals surface area (Å²) in [5.41, 5.74) is 6.18. The first-order valence-electron chi connectivity index (χ1n) is 12.4. The van der Waals surface area contributed by atoms with Crippen molar-refractivity contribution in [2.75, 3.05) is 17.7 Å². The molecule has 37 heavy (non-hydrogen) atoms. The number of carbonyl (C=O) groups excluding carboxylic acids is 2. The van der Waals surface area contributed by atoms with Gasteiger partial charge in [-0.25, -0.2) is 4.79 Å². The molecule has 2 aliphatic rings. The molecule has 7 heteroatoms. The van der Waals surface area contributed by atoms with Crippen LogP contribution in [-0.2, 0) is 17.8 Å². The molecule has 1 aromatic heterocycles. The van der Waals surface area contributed by atoms with E-state index in [2.05, 4.69) is 15.6 Å². The molecular weight excluding hydrogens is 464 g/mol. The quantitative estimate of drug-likeness (QED) is 0.344. The summed E-state index contributed by atoms with van der Waals surface area (Å²) in [7, 11) is 1.77. The van der Waals surface area contributed by atoms with Crippen molar-refractivity contribution in [2.24, 2.45) is 0 Å². The average Bonchev–Trinajstić information content (AvgIpc) is 2.88. The number of hydrogen-bond donors (Lipinski definition) is 3. The molecule has 0 radical (unpaired) electrons. The summed E-state index contributed by atoms with van der Waals surface area (Å²) in [6.45, 7) is 4.44. The number of Topliss-reactive ketones (excluding diaryl/α,β-unsaturated/α-hetero) is 1. The lowest BCUT2D eigenvalue weighted by Gasteiger charge is -2.22. The van der Waals surface area contributed by atoms with Crippen molar-refractivity contribution in [3.63, 3.8) is 0 Å². The van der Waals surface area contributed by atoms with Crippen LogP contribution in [-0.4, -0.2) is 28.7 Å². The Balaban J connectivity index is 1.55. The number of anilines is 2. The van der Waals surface area contributed by atoms with Crippen LogP contribution in [0.4, 0.5) is 16.2 Å². The van der Waals surface area contributed by atoms with Gasteiger partial charge in [0.1, 0.15) is 6.04 Å². The molecule has 3 heterocycles. The predicted molar refractivity (Wildman–Crippen MR) is 147 cm³/mol. The number of nitrogens with zero attached hydrogens (tertiary/aromatic N) is 1. The molecule has 1 atom stereocenters. The fourth-order valence-electron chi connectivity index (χ4n) is 4.83. The molecule has 188 valence electrons. The van der Waals surface area contributed by atoms with Crippen LogP contribution < -0.4 is 16.2 Å². The Kier molecular flexibility index (Phi) is 6.53. The summed E-state index contributed by atoms with van der Waals surface area (Å²) < 4.78 is 0. The van der Waals surface area contributed by atoms with Crippen LogP contribution in [0.25, 0.3) is 10.8 Å². The van der Waals surface area contributed by atoms with Gasteiger partial charge in [0.2, 0.25) is 0 Å². The van der Waals surface area contributed by atoms with E-state index >= 15 is 0 Å². The minimum Gasteiger partial charge on any atom is -0.372 e. The molecule has 0 saturated heterocycles. The molecule has 4 bridgehead atoms. The van der Waals surface area contributed by atoms with E-state index in [9.17, 15) is 14.4 Å². The number of benzene rings is 3. The maximum absolute atomic E-state index is 13.7. The number of nitrogens with one attached hydrogen (secondary N) is 3. The fourth-order valence-corrected chi connectivity index (χ4v) is 4.83. The summed E-state index contributed by atoms with van der Waals surface area (Å²) in [4.78, 5) is 43.2. The highest BCUT2D eigenvalue weighted by Crippen LogP contribution is 2.28. The standard InChI is InChI=1S/C30H30N4O3/c1-18-4-9-24-15-21(18)8-11-27(35)28(32-25-10-7-20-12-13-31-29(36)26(20)16-25)22-5-6-23(19(2)14-22)17-34(3)30(37)33-24/h4-7,9-10,12-16,28,32H,8,11,17H2,1-3H3,(H,31,36)(H,33,37). The molecular formula is C30H30N4O3. The Morgan fingerprint density at radius 1 is 0.865 bits per heavy atom. The second kappa shape index (κ2) is 9.93. The summed E-state index contributed by atoms with van der Waals surface area (Å²) in [6, 6.07) is 18.4. The second-order valence-corrected chi connectivity index (χ2v) is 9.77. The van der Waals surface area contributed by atoms with E-state index in [4.69, 9.17) is 0 Å². The fraction of sp³-hybridized carbons (Fsp3) is 0.233. The van der Waals surface area contributed by atoms with Crippen LogP contribution in [0.2, 0.25) is 0 Å². The molecule has 4 aromatic rings. The summed E-state index contributed by atoms with van der Waals surface area (Å²) in [5, 5.41) is 7.78. The molecule has 1 unspecified atom stereocenters. The molecule has 6 rings (SSSR count). The number of pyridine rings is 1. The number of hydrogen-bond acceptors (Lipinski definition) is 4. The van der Waals surface area contributed by atoms with Gasteiger partial charge in [0.05, 0.1) is 0 Å². The molecule has 3 N–H and O–H groups in total. The lowest BCUT2D eigenvalue weighted by atomic mass is 9.93. The number of amides is 2. The number of ketones is 1. The van der Waals surface area contributed by atoms with Gasteiger partial charge in [-0.1, -0.05) is 30.3 Å². The average molecular weight is 495 g/mol. The van der Waals surface area contributed by atoms with Crippen LogP contribution in [0.5, 0.6) is 0 Å². The van der Waals surface area contributed by atoms with Crippen molar-refractivity contribution in [3.8, 4) is 0 Å². The highest BCUT2D eigenvalue weighted by atomic mass is 16.2. The van der Waals surface area contributed by atoms with Gasteiger partial charge in [0.15, 0.2) is 5.78 Å². The molecule has 2 amide bonds. The Morgan fingerprint density at radius 3 is 2.51 bits per heavy atom. The monoisotopic (exact) mass is 494 g/mol. The number of urea groups is 1. The van der Waals surface area contributed by atoms with E-state index in [0.29, 0.717) is 36.1 Å². The smallest absolute Gasteiger partial charge is 0.321 e. The van der Waals surface area contributed by atoms with Gasteiger partial charge in [-0.05, 0) is 83.8 Å². The van der Waals surface area contributed by atoms with Gasteiger partial charge in [-0.3, -0.25) is 9.59 Å². The number of rotatable bonds is 2. The topological polar surface area (TPSA) is 94.3 Å². The van der Waals surface area contributed by atoms with Crippen molar-refractivity contribution < 1.29 is 9.59 Å². The number of aromatic amines is 1. The van der Waals surface area contributed by atoms with Gasteiger partial charge in [0, 0.05) is 43.0 Å². The van der Waals surface area contributed by atoms with Crippen LogP contribution >= 0.6 is 0 Å². The van der Waals surface area contributed by atoms with Gasteiger partial charge in [0.25, 0.3) is 5.56 Å². The molecule has 0 aliphatic carbocycles. The number of fused-ring (bicyclic) bond motifs is 9. The SMILES string of the molecule is Cc1ccc2cc1CCC(=O)C(Nc1ccc3cc[nH]c(=O)c3c1)c1ccc(c(C)c1)CN(C)C(=O)N2. The number of carbonyl (C=O) groups is 2. The Labute approximate surface area is 215 Å². The summed E-state index contributed by atoms with van der Waals surface area (Å²) >= 11 is 0. The first kappa shape index (κ1) is 24.3. The Hall–Kier alpha value is -4.39. The zero-order chi connectivity index (χ0) is 26.1. The number of aryl methyl sites for hydroxylation is 3. The van der Waals surface area contributed by atoms with Crippen LogP contribution in [0.15, 0.2) is 71.7 Å². The predicted octanol–water partition coefficient (Wildman–Crippen LogP) is 5.48. The van der Waals surface area contributed by atoms with E-state index in [-0.39, 0.29) is 17.4 Å². The zero-order valence-electron chi connectivity index (χ0n) is 21.2. The van der Waals surface area contributed by atoms with E-state index in [1.807, 2.05) is 68.4 Å². The van der Waals surface area contributed by atoms with E-state index in [1.54, 1.807) is 24.2 Å². The van der Waals surface area contributed by atoms with E-state index < -0.39 is 6.04 Å². The number of aromatic nitrogens is 1. The zero-order valence-corrected chi connectivity index (χ0v) is 21.2. The lowest BCUT2D eigenvalue weighted by Crippen LogP contribution is -2.31.